The standard InChI is InChI=1S/C12H14ClN3O3S/c13-9-5-10-7(4-12(17)15-10)3-11(9)20(18,19)16-2-1-8(14)6-16/h3,5,8H,1-2,4,6,14H2,(H,15,17)/t8-/m1/s1. The van der Waals surface area contributed by atoms with Crippen molar-refractivity contribution in [3.05, 3.63) is 22.7 Å². The molecule has 0 aromatic heterocycles. The first kappa shape index (κ1) is 13.8. The van der Waals surface area contributed by atoms with E-state index in [1.54, 1.807) is 0 Å². The largest absolute Gasteiger partial charge is 0.326 e. The second kappa shape index (κ2) is 4.70. The van der Waals surface area contributed by atoms with E-state index in [9.17, 15) is 13.2 Å². The van der Waals surface area contributed by atoms with E-state index in [2.05, 4.69) is 5.32 Å². The molecule has 2 aliphatic rings. The Kier molecular flexibility index (Phi) is 3.24. The fraction of sp³-hybridized carbons (Fsp3) is 0.417. The Hall–Kier alpha value is -1.15. The molecule has 2 heterocycles. The maximum Gasteiger partial charge on any atom is 0.244 e. The first-order chi connectivity index (χ1) is 9.38. The van der Waals surface area contributed by atoms with Crippen LogP contribution in [0.3, 0.4) is 0 Å². The van der Waals surface area contributed by atoms with Gasteiger partial charge in [0.1, 0.15) is 4.90 Å². The second-order valence-corrected chi connectivity index (χ2v) is 7.39. The molecule has 108 valence electrons. The van der Waals surface area contributed by atoms with Gasteiger partial charge in [-0.1, -0.05) is 11.6 Å². The number of fused-ring (bicyclic) bond motifs is 1. The lowest BCUT2D eigenvalue weighted by atomic mass is 10.2. The van der Waals surface area contributed by atoms with Crippen molar-refractivity contribution in [3.63, 3.8) is 0 Å². The lowest BCUT2D eigenvalue weighted by Crippen LogP contribution is -2.32. The summed E-state index contributed by atoms with van der Waals surface area (Å²) in [6.45, 7) is 0.695. The van der Waals surface area contributed by atoms with Crippen LogP contribution in [0.1, 0.15) is 12.0 Å². The Morgan fingerprint density at radius 3 is 2.80 bits per heavy atom. The average Bonchev–Trinajstić information content (AvgIpc) is 2.93. The number of carbonyl (C=O) groups is 1. The summed E-state index contributed by atoms with van der Waals surface area (Å²) in [6, 6.07) is 2.83. The van der Waals surface area contributed by atoms with Crippen LogP contribution in [0, 0.1) is 0 Å². The molecule has 1 aromatic rings. The smallest absolute Gasteiger partial charge is 0.244 e. The first-order valence-corrected chi connectivity index (χ1v) is 8.08. The van der Waals surface area contributed by atoms with E-state index < -0.39 is 10.0 Å². The van der Waals surface area contributed by atoms with Crippen molar-refractivity contribution in [1.82, 2.24) is 4.31 Å². The number of carbonyl (C=O) groups excluding carboxylic acids is 1. The zero-order valence-corrected chi connectivity index (χ0v) is 12.2. The van der Waals surface area contributed by atoms with E-state index >= 15 is 0 Å². The molecule has 0 aliphatic carbocycles. The summed E-state index contributed by atoms with van der Waals surface area (Å²) in [5.74, 6) is -0.159. The Labute approximate surface area is 121 Å². The molecule has 0 unspecified atom stereocenters. The lowest BCUT2D eigenvalue weighted by Gasteiger charge is -2.17. The Morgan fingerprint density at radius 2 is 2.15 bits per heavy atom. The topological polar surface area (TPSA) is 92.5 Å². The molecule has 1 saturated heterocycles. The van der Waals surface area contributed by atoms with Crippen molar-refractivity contribution in [2.24, 2.45) is 5.73 Å². The molecular formula is C12H14ClN3O3S. The van der Waals surface area contributed by atoms with Gasteiger partial charge in [-0.2, -0.15) is 4.31 Å². The third-order valence-corrected chi connectivity index (χ3v) is 5.92. The molecule has 1 atom stereocenters. The van der Waals surface area contributed by atoms with E-state index in [4.69, 9.17) is 17.3 Å². The third kappa shape index (κ3) is 2.20. The number of rotatable bonds is 2. The van der Waals surface area contributed by atoms with Crippen molar-refractivity contribution in [2.75, 3.05) is 18.4 Å². The van der Waals surface area contributed by atoms with Crippen molar-refractivity contribution in [1.29, 1.82) is 0 Å². The van der Waals surface area contributed by atoms with Crippen molar-refractivity contribution in [3.8, 4) is 0 Å². The molecule has 1 aromatic carbocycles. The normalized spacial score (nSPS) is 22.9. The van der Waals surface area contributed by atoms with Crippen LogP contribution in [0.2, 0.25) is 5.02 Å². The monoisotopic (exact) mass is 315 g/mol. The fourth-order valence-corrected chi connectivity index (χ4v) is 4.60. The highest BCUT2D eigenvalue weighted by molar-refractivity contribution is 7.89. The number of nitrogens with zero attached hydrogens (tertiary/aromatic N) is 1. The van der Waals surface area contributed by atoms with E-state index in [1.807, 2.05) is 0 Å². The van der Waals surface area contributed by atoms with Crippen LogP contribution in [-0.4, -0.2) is 37.8 Å². The van der Waals surface area contributed by atoms with Crippen LogP contribution in [0.15, 0.2) is 17.0 Å². The predicted octanol–water partition coefficient (Wildman–Crippen LogP) is 0.556. The molecule has 3 N–H and O–H groups in total. The van der Waals surface area contributed by atoms with Gasteiger partial charge in [-0.05, 0) is 24.1 Å². The van der Waals surface area contributed by atoms with Crippen LogP contribution in [0.4, 0.5) is 5.69 Å². The van der Waals surface area contributed by atoms with Gasteiger partial charge >= 0.3 is 0 Å². The molecule has 3 rings (SSSR count). The molecular weight excluding hydrogens is 302 g/mol. The van der Waals surface area contributed by atoms with Gasteiger partial charge in [0.25, 0.3) is 0 Å². The van der Waals surface area contributed by atoms with Gasteiger partial charge in [-0.3, -0.25) is 4.79 Å². The molecule has 6 nitrogen and oxygen atoms in total. The summed E-state index contributed by atoms with van der Waals surface area (Å²) < 4.78 is 26.5. The number of anilines is 1. The molecule has 0 saturated carbocycles. The number of halogens is 1. The minimum atomic E-state index is -3.66. The number of sulfonamides is 1. The maximum absolute atomic E-state index is 12.6. The summed E-state index contributed by atoms with van der Waals surface area (Å²) in [4.78, 5) is 11.4. The van der Waals surface area contributed by atoms with Crippen LogP contribution >= 0.6 is 11.6 Å². The number of benzene rings is 1. The highest BCUT2D eigenvalue weighted by Gasteiger charge is 2.33. The van der Waals surface area contributed by atoms with Gasteiger partial charge < -0.3 is 11.1 Å². The average molecular weight is 316 g/mol. The number of hydrogen-bond acceptors (Lipinski definition) is 4. The van der Waals surface area contributed by atoms with Crippen LogP contribution in [0.5, 0.6) is 0 Å². The van der Waals surface area contributed by atoms with Crippen LogP contribution in [-0.2, 0) is 21.2 Å². The van der Waals surface area contributed by atoms with E-state index in [1.165, 1.54) is 16.4 Å². The Morgan fingerprint density at radius 1 is 1.40 bits per heavy atom. The van der Waals surface area contributed by atoms with Gasteiger partial charge in [0.15, 0.2) is 0 Å². The Bertz CT molecular complexity index is 689. The summed E-state index contributed by atoms with van der Waals surface area (Å²) in [5, 5.41) is 2.76. The summed E-state index contributed by atoms with van der Waals surface area (Å²) in [5.41, 5.74) is 6.99. The van der Waals surface area contributed by atoms with Gasteiger partial charge in [0.2, 0.25) is 15.9 Å². The van der Waals surface area contributed by atoms with Gasteiger partial charge in [0, 0.05) is 24.8 Å². The fourth-order valence-electron chi connectivity index (χ4n) is 2.53. The summed E-state index contributed by atoms with van der Waals surface area (Å²) in [6.07, 6.45) is 0.816. The van der Waals surface area contributed by atoms with Crippen molar-refractivity contribution in [2.45, 2.75) is 23.8 Å². The molecule has 20 heavy (non-hydrogen) atoms. The molecule has 8 heteroatoms. The van der Waals surface area contributed by atoms with Crippen LogP contribution in [0.25, 0.3) is 0 Å². The second-order valence-electron chi connectivity index (χ2n) is 5.08. The quantitative estimate of drug-likeness (QED) is 0.834. The van der Waals surface area contributed by atoms with Crippen molar-refractivity contribution < 1.29 is 13.2 Å². The summed E-state index contributed by atoms with van der Waals surface area (Å²) in [7, 11) is -3.66. The Balaban J connectivity index is 2.02. The predicted molar refractivity (Wildman–Crippen MR) is 75.1 cm³/mol. The van der Waals surface area contributed by atoms with E-state index in [0.29, 0.717) is 30.8 Å². The van der Waals surface area contributed by atoms with E-state index in [0.717, 1.165) is 0 Å². The zero-order chi connectivity index (χ0) is 14.5. The first-order valence-electron chi connectivity index (χ1n) is 6.26. The van der Waals surface area contributed by atoms with E-state index in [-0.39, 0.29) is 28.3 Å². The molecule has 2 aliphatic heterocycles. The van der Waals surface area contributed by atoms with Crippen molar-refractivity contribution >= 4 is 33.2 Å². The van der Waals surface area contributed by atoms with Gasteiger partial charge in [-0.15, -0.1) is 0 Å². The van der Waals surface area contributed by atoms with Gasteiger partial charge in [-0.25, -0.2) is 8.42 Å². The van der Waals surface area contributed by atoms with Gasteiger partial charge in [0.05, 0.1) is 11.4 Å². The summed E-state index contributed by atoms with van der Waals surface area (Å²) >= 11 is 6.07. The molecule has 1 fully saturated rings. The third-order valence-electron chi connectivity index (χ3n) is 3.59. The highest BCUT2D eigenvalue weighted by atomic mass is 35.5. The molecule has 0 bridgehead atoms. The number of hydrogen-bond donors (Lipinski definition) is 2. The molecule has 1 amide bonds. The minimum Gasteiger partial charge on any atom is -0.326 e. The molecule has 0 radical (unpaired) electrons. The SMILES string of the molecule is N[C@@H]1CCN(S(=O)(=O)c2cc3c(cc2Cl)NC(=O)C3)C1. The number of amides is 1. The lowest BCUT2D eigenvalue weighted by molar-refractivity contribution is -0.115. The zero-order valence-electron chi connectivity index (χ0n) is 10.6. The van der Waals surface area contributed by atoms with Crippen LogP contribution < -0.4 is 11.1 Å². The maximum atomic E-state index is 12.6. The molecule has 0 spiro atoms. The number of nitrogens with one attached hydrogen (secondary N) is 1. The minimum absolute atomic E-state index is 0.0449. The highest BCUT2D eigenvalue weighted by Crippen LogP contribution is 2.34. The number of nitrogens with two attached hydrogens (primary N) is 1.